The van der Waals surface area contributed by atoms with Gasteiger partial charge in [0, 0.05) is 6.04 Å². The van der Waals surface area contributed by atoms with Crippen LogP contribution in [0.1, 0.15) is 30.0 Å². The van der Waals surface area contributed by atoms with E-state index in [9.17, 15) is 18.0 Å². The number of halogens is 3. The molecule has 0 unspecified atom stereocenters. The molecule has 0 aliphatic carbocycles. The van der Waals surface area contributed by atoms with Crippen molar-refractivity contribution in [3.05, 3.63) is 33.7 Å². The maximum atomic E-state index is 12.9. The van der Waals surface area contributed by atoms with Gasteiger partial charge in [0.1, 0.15) is 0 Å². The number of H-pyrrole nitrogens is 1. The van der Waals surface area contributed by atoms with E-state index in [0.717, 1.165) is 32.0 Å². The lowest BCUT2D eigenvalue weighted by Gasteiger charge is -2.24. The SMILES string of the molecule is Cc1cc2c(cc1C(F)(F)F)[nH]c(=O)n2C1CCNCC1. The summed E-state index contributed by atoms with van der Waals surface area (Å²) in [5, 5.41) is 3.21. The fraction of sp³-hybridized carbons (Fsp3) is 0.500. The number of aromatic nitrogens is 2. The molecule has 2 N–H and O–H groups in total. The van der Waals surface area contributed by atoms with E-state index in [1.165, 1.54) is 13.0 Å². The summed E-state index contributed by atoms with van der Waals surface area (Å²) in [5.74, 6) is 0. The van der Waals surface area contributed by atoms with Gasteiger partial charge in [0.15, 0.2) is 0 Å². The molecule has 0 radical (unpaired) electrons. The molecule has 7 heteroatoms. The van der Waals surface area contributed by atoms with Crippen LogP contribution in [-0.2, 0) is 6.18 Å². The molecule has 0 atom stereocenters. The van der Waals surface area contributed by atoms with E-state index in [1.807, 2.05) is 0 Å². The second-order valence-electron chi connectivity index (χ2n) is 5.46. The highest BCUT2D eigenvalue weighted by Crippen LogP contribution is 2.34. The fourth-order valence-electron chi connectivity index (χ4n) is 3.01. The molecule has 0 amide bonds. The van der Waals surface area contributed by atoms with Crippen molar-refractivity contribution >= 4 is 11.0 Å². The molecule has 114 valence electrons. The van der Waals surface area contributed by atoms with Gasteiger partial charge in [-0.25, -0.2) is 4.79 Å². The summed E-state index contributed by atoms with van der Waals surface area (Å²) >= 11 is 0. The Bertz CT molecular complexity index is 723. The number of rotatable bonds is 1. The average Bonchev–Trinajstić information content (AvgIpc) is 2.73. The summed E-state index contributed by atoms with van der Waals surface area (Å²) in [6.45, 7) is 3.04. The normalized spacial score (nSPS) is 17.5. The second-order valence-corrected chi connectivity index (χ2v) is 5.46. The predicted octanol–water partition coefficient (Wildman–Crippen LogP) is 2.58. The number of hydrogen-bond donors (Lipinski definition) is 2. The Labute approximate surface area is 119 Å². The quantitative estimate of drug-likeness (QED) is 0.850. The Morgan fingerprint density at radius 3 is 2.52 bits per heavy atom. The molecule has 0 saturated carbocycles. The minimum absolute atomic E-state index is 0.0311. The molecule has 1 saturated heterocycles. The number of aromatic amines is 1. The Hall–Kier alpha value is -1.76. The fourth-order valence-corrected chi connectivity index (χ4v) is 3.01. The summed E-state index contributed by atoms with van der Waals surface area (Å²) in [5.41, 5.74) is -0.102. The Balaban J connectivity index is 2.17. The lowest BCUT2D eigenvalue weighted by molar-refractivity contribution is -0.137. The monoisotopic (exact) mass is 299 g/mol. The van der Waals surface area contributed by atoms with E-state index < -0.39 is 11.7 Å². The Kier molecular flexibility index (Phi) is 3.32. The summed E-state index contributed by atoms with van der Waals surface area (Å²) in [4.78, 5) is 14.7. The van der Waals surface area contributed by atoms with E-state index in [2.05, 4.69) is 10.3 Å². The topological polar surface area (TPSA) is 49.8 Å². The maximum Gasteiger partial charge on any atom is 0.416 e. The predicted molar refractivity (Wildman–Crippen MR) is 73.4 cm³/mol. The molecule has 0 bridgehead atoms. The zero-order valence-electron chi connectivity index (χ0n) is 11.5. The summed E-state index contributed by atoms with van der Waals surface area (Å²) < 4.78 is 40.4. The zero-order valence-corrected chi connectivity index (χ0v) is 11.5. The van der Waals surface area contributed by atoms with Gasteiger partial charge in [-0.05, 0) is 50.6 Å². The number of nitrogens with one attached hydrogen (secondary N) is 2. The average molecular weight is 299 g/mol. The van der Waals surface area contributed by atoms with Gasteiger partial charge in [-0.2, -0.15) is 13.2 Å². The van der Waals surface area contributed by atoms with Crippen LogP contribution in [0.5, 0.6) is 0 Å². The van der Waals surface area contributed by atoms with Gasteiger partial charge in [-0.1, -0.05) is 0 Å². The first-order valence-corrected chi connectivity index (χ1v) is 6.90. The van der Waals surface area contributed by atoms with Crippen LogP contribution in [0.4, 0.5) is 13.2 Å². The van der Waals surface area contributed by atoms with Gasteiger partial charge in [0.25, 0.3) is 0 Å². The van der Waals surface area contributed by atoms with Crippen molar-refractivity contribution < 1.29 is 13.2 Å². The molecule has 2 heterocycles. The van der Waals surface area contributed by atoms with Gasteiger partial charge < -0.3 is 10.3 Å². The van der Waals surface area contributed by atoms with Gasteiger partial charge in [0.05, 0.1) is 16.6 Å². The van der Waals surface area contributed by atoms with Crippen LogP contribution in [0.25, 0.3) is 11.0 Å². The molecule has 3 rings (SSSR count). The molecular formula is C14H16F3N3O. The lowest BCUT2D eigenvalue weighted by Crippen LogP contribution is -2.33. The number of fused-ring (bicyclic) bond motifs is 1. The standard InChI is InChI=1S/C14H16F3N3O/c1-8-6-12-11(7-10(8)14(15,16)17)19-13(21)20(12)9-2-4-18-5-3-9/h6-7,9,18H,2-5H2,1H3,(H,19,21). The lowest BCUT2D eigenvalue weighted by atomic mass is 10.0. The highest BCUT2D eigenvalue weighted by molar-refractivity contribution is 5.77. The van der Waals surface area contributed by atoms with Crippen LogP contribution in [0.15, 0.2) is 16.9 Å². The van der Waals surface area contributed by atoms with E-state index >= 15 is 0 Å². The molecule has 1 aliphatic heterocycles. The van der Waals surface area contributed by atoms with Crippen LogP contribution >= 0.6 is 0 Å². The summed E-state index contributed by atoms with van der Waals surface area (Å²) in [6, 6.07) is 2.52. The third kappa shape index (κ3) is 2.46. The van der Waals surface area contributed by atoms with Gasteiger partial charge >= 0.3 is 11.9 Å². The van der Waals surface area contributed by atoms with E-state index in [4.69, 9.17) is 0 Å². The first-order chi connectivity index (χ1) is 9.88. The molecule has 1 aromatic heterocycles. The van der Waals surface area contributed by atoms with Crippen molar-refractivity contribution in [2.45, 2.75) is 32.0 Å². The number of aryl methyl sites for hydroxylation is 1. The smallest absolute Gasteiger partial charge is 0.317 e. The van der Waals surface area contributed by atoms with Crippen molar-refractivity contribution in [1.29, 1.82) is 0 Å². The number of alkyl halides is 3. The highest BCUT2D eigenvalue weighted by atomic mass is 19.4. The molecular weight excluding hydrogens is 283 g/mol. The van der Waals surface area contributed by atoms with Crippen molar-refractivity contribution in [2.75, 3.05) is 13.1 Å². The van der Waals surface area contributed by atoms with Crippen LogP contribution in [-0.4, -0.2) is 22.6 Å². The van der Waals surface area contributed by atoms with Crippen molar-refractivity contribution in [1.82, 2.24) is 14.9 Å². The van der Waals surface area contributed by atoms with Crippen molar-refractivity contribution in [3.8, 4) is 0 Å². The number of hydrogen-bond acceptors (Lipinski definition) is 2. The number of piperidine rings is 1. The number of imidazole rings is 1. The van der Waals surface area contributed by atoms with E-state index in [1.54, 1.807) is 4.57 Å². The molecule has 2 aromatic rings. The Morgan fingerprint density at radius 2 is 1.90 bits per heavy atom. The van der Waals surface area contributed by atoms with Crippen LogP contribution in [0.2, 0.25) is 0 Å². The highest BCUT2D eigenvalue weighted by Gasteiger charge is 2.33. The number of benzene rings is 1. The molecule has 0 spiro atoms. The first kappa shape index (κ1) is 14.2. The van der Waals surface area contributed by atoms with Gasteiger partial charge in [-0.15, -0.1) is 0 Å². The molecule has 1 aromatic carbocycles. The molecule has 4 nitrogen and oxygen atoms in total. The maximum absolute atomic E-state index is 12.9. The molecule has 21 heavy (non-hydrogen) atoms. The molecule has 1 aliphatic rings. The second kappa shape index (κ2) is 4.91. The Morgan fingerprint density at radius 1 is 1.24 bits per heavy atom. The minimum atomic E-state index is -4.41. The first-order valence-electron chi connectivity index (χ1n) is 6.90. The summed E-state index contributed by atoms with van der Waals surface area (Å²) in [7, 11) is 0. The van der Waals surface area contributed by atoms with Gasteiger partial charge in [0.2, 0.25) is 0 Å². The third-order valence-electron chi connectivity index (χ3n) is 4.04. The number of nitrogens with zero attached hydrogens (tertiary/aromatic N) is 1. The van der Waals surface area contributed by atoms with Gasteiger partial charge in [-0.3, -0.25) is 4.57 Å². The third-order valence-corrected chi connectivity index (χ3v) is 4.04. The van der Waals surface area contributed by atoms with E-state index in [-0.39, 0.29) is 22.8 Å². The van der Waals surface area contributed by atoms with E-state index in [0.29, 0.717) is 5.52 Å². The zero-order chi connectivity index (χ0) is 15.2. The van der Waals surface area contributed by atoms with Crippen molar-refractivity contribution in [2.24, 2.45) is 0 Å². The van der Waals surface area contributed by atoms with Crippen molar-refractivity contribution in [3.63, 3.8) is 0 Å². The minimum Gasteiger partial charge on any atom is -0.317 e. The largest absolute Gasteiger partial charge is 0.416 e. The van der Waals surface area contributed by atoms with Crippen LogP contribution < -0.4 is 11.0 Å². The van der Waals surface area contributed by atoms with Crippen LogP contribution in [0, 0.1) is 6.92 Å². The molecule has 1 fully saturated rings. The van der Waals surface area contributed by atoms with Crippen LogP contribution in [0.3, 0.4) is 0 Å². The summed E-state index contributed by atoms with van der Waals surface area (Å²) in [6.07, 6.45) is -2.81.